The summed E-state index contributed by atoms with van der Waals surface area (Å²) >= 11 is 12.9. The molecule has 0 spiro atoms. The molecule has 11 nitrogen and oxygen atoms in total. The highest BCUT2D eigenvalue weighted by atomic mass is 35.5. The Hall–Kier alpha value is -3.48. The number of aromatic nitrogens is 2. The number of rotatable bonds is 12. The summed E-state index contributed by atoms with van der Waals surface area (Å²) in [6, 6.07) is 9.57. The lowest BCUT2D eigenvalue weighted by Gasteiger charge is -2.09. The van der Waals surface area contributed by atoms with Gasteiger partial charge < -0.3 is 23.7 Å². The number of nitrogens with one attached hydrogen (secondary N) is 1. The Balaban J connectivity index is 1.44. The number of nitrogens with zero attached hydrogens (tertiary/aromatic N) is 3. The number of aliphatic carboxylic acids is 1. The van der Waals surface area contributed by atoms with E-state index >= 15 is 0 Å². The molecule has 0 unspecified atom stereocenters. The van der Waals surface area contributed by atoms with Gasteiger partial charge in [0.2, 0.25) is 0 Å². The molecule has 0 saturated heterocycles. The molecule has 0 fully saturated rings. The molecule has 2 N–H and O–H groups in total. The van der Waals surface area contributed by atoms with Crippen LogP contribution in [-0.2, 0) is 16.2 Å². The molecule has 0 bridgehead atoms. The number of hydrogen-bond donors (Lipinski definition) is 2. The highest BCUT2D eigenvalue weighted by Gasteiger charge is 2.11. The molecule has 2 aromatic carbocycles. The van der Waals surface area contributed by atoms with Crippen molar-refractivity contribution >= 4 is 53.1 Å². The van der Waals surface area contributed by atoms with Crippen LogP contribution in [0.4, 0.5) is 0 Å². The van der Waals surface area contributed by atoms with Gasteiger partial charge in [0.25, 0.3) is 17.0 Å². The molecule has 3 aromatic rings. The number of methoxy groups -OCH3 is 1. The average molecular weight is 541 g/mol. The maximum atomic E-state index is 12.0. The number of hydrazone groups is 1. The van der Waals surface area contributed by atoms with Crippen molar-refractivity contribution in [1.82, 2.24) is 15.6 Å². The minimum Gasteiger partial charge on any atom is -0.493 e. The Labute approximate surface area is 213 Å². The Bertz CT molecular complexity index is 1220. The van der Waals surface area contributed by atoms with Crippen LogP contribution >= 0.6 is 35.0 Å². The van der Waals surface area contributed by atoms with E-state index in [1.165, 1.54) is 13.3 Å². The molecule has 0 aliphatic rings. The molecule has 0 aliphatic heterocycles. The maximum Gasteiger partial charge on any atom is 0.341 e. The number of benzene rings is 2. The fourth-order valence-electron chi connectivity index (χ4n) is 2.45. The van der Waals surface area contributed by atoms with Gasteiger partial charge in [0.15, 0.2) is 24.7 Å². The van der Waals surface area contributed by atoms with Gasteiger partial charge in [0.05, 0.1) is 24.1 Å². The van der Waals surface area contributed by atoms with Crippen LogP contribution in [0.25, 0.3) is 0 Å². The monoisotopic (exact) mass is 540 g/mol. The zero-order chi connectivity index (χ0) is 25.2. The van der Waals surface area contributed by atoms with Gasteiger partial charge >= 0.3 is 5.97 Å². The van der Waals surface area contributed by atoms with Crippen molar-refractivity contribution in [2.45, 2.75) is 11.8 Å². The first-order valence-corrected chi connectivity index (χ1v) is 11.5. The lowest BCUT2D eigenvalue weighted by atomic mass is 10.2. The van der Waals surface area contributed by atoms with Crippen LogP contribution in [0.2, 0.25) is 10.0 Å². The zero-order valence-corrected chi connectivity index (χ0v) is 20.4. The number of carbonyl (C=O) groups is 2. The number of carboxylic acid groups (broad SMARTS) is 1. The van der Waals surface area contributed by atoms with E-state index in [0.29, 0.717) is 27.1 Å². The lowest BCUT2D eigenvalue weighted by molar-refractivity contribution is -0.139. The molecular formula is C21H18Cl2N4O7S. The number of amides is 1. The first kappa shape index (κ1) is 26.1. The fraction of sp³-hybridized carbons (Fsp3) is 0.190. The third-order valence-corrected chi connectivity index (χ3v) is 5.31. The van der Waals surface area contributed by atoms with Crippen LogP contribution < -0.4 is 19.6 Å². The molecule has 14 heteroatoms. The van der Waals surface area contributed by atoms with Crippen LogP contribution in [-0.4, -0.2) is 52.9 Å². The molecule has 35 heavy (non-hydrogen) atoms. The number of hydrogen-bond acceptors (Lipinski definition) is 10. The van der Waals surface area contributed by atoms with Crippen LogP contribution in [0.15, 0.2) is 51.1 Å². The van der Waals surface area contributed by atoms with Gasteiger partial charge in [0, 0.05) is 5.02 Å². The zero-order valence-electron chi connectivity index (χ0n) is 18.1. The minimum absolute atomic E-state index is 0.00496. The predicted octanol–water partition coefficient (Wildman–Crippen LogP) is 3.67. The Morgan fingerprint density at radius 1 is 1.14 bits per heavy atom. The van der Waals surface area contributed by atoms with Gasteiger partial charge in [-0.15, -0.1) is 10.2 Å². The largest absolute Gasteiger partial charge is 0.493 e. The quantitative estimate of drug-likeness (QED) is 0.198. The molecular weight excluding hydrogens is 523 g/mol. The van der Waals surface area contributed by atoms with Crippen molar-refractivity contribution in [2.75, 3.05) is 19.5 Å². The summed E-state index contributed by atoms with van der Waals surface area (Å²) in [5.74, 6) is -0.300. The molecule has 184 valence electrons. The molecule has 1 amide bonds. The second kappa shape index (κ2) is 12.8. The van der Waals surface area contributed by atoms with E-state index in [1.807, 2.05) is 0 Å². The second-order valence-corrected chi connectivity index (χ2v) is 8.27. The van der Waals surface area contributed by atoms with E-state index in [4.69, 9.17) is 46.9 Å². The molecule has 3 rings (SSSR count). The van der Waals surface area contributed by atoms with E-state index < -0.39 is 18.5 Å². The van der Waals surface area contributed by atoms with Crippen molar-refractivity contribution in [3.8, 4) is 17.2 Å². The summed E-state index contributed by atoms with van der Waals surface area (Å²) < 4.78 is 21.3. The predicted molar refractivity (Wildman–Crippen MR) is 128 cm³/mol. The molecule has 0 radical (unpaired) electrons. The summed E-state index contributed by atoms with van der Waals surface area (Å²) in [6.45, 7) is -0.502. The Morgan fingerprint density at radius 2 is 1.94 bits per heavy atom. The van der Waals surface area contributed by atoms with E-state index in [0.717, 1.165) is 11.8 Å². The third-order valence-electron chi connectivity index (χ3n) is 3.96. The van der Waals surface area contributed by atoms with E-state index in [-0.39, 0.29) is 29.2 Å². The van der Waals surface area contributed by atoms with Crippen molar-refractivity contribution in [2.24, 2.45) is 5.10 Å². The fourth-order valence-corrected chi connectivity index (χ4v) is 3.48. The van der Waals surface area contributed by atoms with Crippen molar-refractivity contribution in [3.05, 3.63) is 57.9 Å². The van der Waals surface area contributed by atoms with Crippen LogP contribution in [0, 0.1) is 0 Å². The highest BCUT2D eigenvalue weighted by molar-refractivity contribution is 7.99. The van der Waals surface area contributed by atoms with Crippen molar-refractivity contribution in [3.63, 3.8) is 0 Å². The summed E-state index contributed by atoms with van der Waals surface area (Å²) in [5.41, 5.74) is 2.97. The van der Waals surface area contributed by atoms with Gasteiger partial charge in [-0.3, -0.25) is 4.79 Å². The van der Waals surface area contributed by atoms with Crippen LogP contribution in [0.5, 0.6) is 17.2 Å². The molecule has 1 heterocycles. The average Bonchev–Trinajstić information content (AvgIpc) is 3.29. The minimum atomic E-state index is -1.11. The van der Waals surface area contributed by atoms with Crippen molar-refractivity contribution in [1.29, 1.82) is 0 Å². The Kier molecular flexibility index (Phi) is 9.58. The van der Waals surface area contributed by atoms with Gasteiger partial charge in [-0.2, -0.15) is 5.10 Å². The van der Waals surface area contributed by atoms with Gasteiger partial charge in [0.1, 0.15) is 5.75 Å². The first-order chi connectivity index (χ1) is 16.8. The van der Waals surface area contributed by atoms with Gasteiger partial charge in [-0.25, -0.2) is 10.2 Å². The topological polar surface area (TPSA) is 145 Å². The van der Waals surface area contributed by atoms with E-state index in [9.17, 15) is 9.59 Å². The number of ether oxygens (including phenoxy) is 3. The summed E-state index contributed by atoms with van der Waals surface area (Å²) in [6.07, 6.45) is 1.40. The summed E-state index contributed by atoms with van der Waals surface area (Å²) in [5, 5.41) is 21.3. The number of carboxylic acids is 1. The first-order valence-electron chi connectivity index (χ1n) is 9.71. The molecule has 0 aliphatic carbocycles. The van der Waals surface area contributed by atoms with Crippen LogP contribution in [0.3, 0.4) is 0 Å². The number of carbonyl (C=O) groups excluding carboxylic acids is 1. The molecule has 1 aromatic heterocycles. The summed E-state index contributed by atoms with van der Waals surface area (Å²) in [4.78, 5) is 22.7. The van der Waals surface area contributed by atoms with Gasteiger partial charge in [-0.05, 0) is 42.0 Å². The van der Waals surface area contributed by atoms with E-state index in [2.05, 4.69) is 20.7 Å². The standard InChI is InChI=1S/C21H18Cl2N4O7S/c1-31-17-6-12(2-4-16(17)33-10-20(29)30)8-24-25-18(28)11-35-21-27-26-19(34-21)9-32-15-5-3-13(22)7-14(15)23/h2-8H,9-11H2,1H3,(H,25,28)(H,29,30)/b24-8-. The Morgan fingerprint density at radius 3 is 2.69 bits per heavy atom. The lowest BCUT2D eigenvalue weighted by Crippen LogP contribution is -2.19. The number of halogens is 2. The second-order valence-electron chi connectivity index (χ2n) is 6.50. The van der Waals surface area contributed by atoms with Crippen molar-refractivity contribution < 1.29 is 33.3 Å². The summed E-state index contributed by atoms with van der Waals surface area (Å²) in [7, 11) is 1.42. The smallest absolute Gasteiger partial charge is 0.341 e. The SMILES string of the molecule is COc1cc(/C=N\NC(=O)CSc2nnc(COc3ccc(Cl)cc3Cl)o2)ccc1OCC(=O)O. The van der Waals surface area contributed by atoms with Crippen LogP contribution in [0.1, 0.15) is 11.5 Å². The van der Waals surface area contributed by atoms with E-state index in [1.54, 1.807) is 36.4 Å². The molecule has 0 saturated carbocycles. The molecule has 0 atom stereocenters. The maximum absolute atomic E-state index is 12.0. The normalized spacial score (nSPS) is 10.8. The number of thioether (sulfide) groups is 1. The highest BCUT2D eigenvalue weighted by Crippen LogP contribution is 2.29. The third kappa shape index (κ3) is 8.35. The van der Waals surface area contributed by atoms with Gasteiger partial charge in [-0.1, -0.05) is 35.0 Å².